The summed E-state index contributed by atoms with van der Waals surface area (Å²) in [6, 6.07) is 10.8. The number of carbonyl (C=O) groups excluding carboxylic acids is 2. The van der Waals surface area contributed by atoms with Gasteiger partial charge in [0.1, 0.15) is 17.2 Å². The Morgan fingerprint density at radius 1 is 1.18 bits per heavy atom. The van der Waals surface area contributed by atoms with Crippen LogP contribution in [0.5, 0.6) is 0 Å². The number of halogens is 1. The highest BCUT2D eigenvalue weighted by Gasteiger charge is 2.25. The smallest absolute Gasteiger partial charge is 0.325 e. The highest BCUT2D eigenvalue weighted by Crippen LogP contribution is 2.30. The topological polar surface area (TPSA) is 72.6 Å². The van der Waals surface area contributed by atoms with Crippen molar-refractivity contribution in [2.75, 3.05) is 13.7 Å². The molecule has 3 rings (SSSR count). The van der Waals surface area contributed by atoms with Gasteiger partial charge in [0.05, 0.1) is 12.8 Å². The zero-order chi connectivity index (χ0) is 20.3. The van der Waals surface area contributed by atoms with Gasteiger partial charge >= 0.3 is 5.97 Å². The number of methoxy groups -OCH3 is 1. The average Bonchev–Trinajstić information content (AvgIpc) is 3.27. The summed E-state index contributed by atoms with van der Waals surface area (Å²) in [6.45, 7) is 3.70. The summed E-state index contributed by atoms with van der Waals surface area (Å²) in [5, 5.41) is 1.23. The van der Waals surface area contributed by atoms with E-state index in [0.29, 0.717) is 26.4 Å². The summed E-state index contributed by atoms with van der Waals surface area (Å²) in [7, 11) is 1.29. The molecule has 0 bridgehead atoms. The van der Waals surface area contributed by atoms with E-state index in [2.05, 4.69) is 4.98 Å². The quantitative estimate of drug-likeness (QED) is 0.551. The Labute approximate surface area is 171 Å². The van der Waals surface area contributed by atoms with Crippen LogP contribution in [0.2, 0.25) is 5.02 Å². The number of esters is 1. The van der Waals surface area contributed by atoms with Crippen molar-refractivity contribution in [1.29, 1.82) is 0 Å². The number of thiazole rings is 1. The number of ether oxygens (including phenoxy) is 1. The van der Waals surface area contributed by atoms with E-state index < -0.39 is 5.97 Å². The molecule has 3 aromatic rings. The first-order valence-corrected chi connectivity index (χ1v) is 9.71. The molecule has 1 aromatic carbocycles. The average molecular weight is 419 g/mol. The minimum atomic E-state index is -0.494. The standard InChI is InChI=1S/C20H19ClN2O4S/c1-12-4-9-16(27-12)19-22-13(2)18(28-19)20(25)23(11-17(24)26-3)10-14-5-7-15(21)8-6-14/h4-9H,10-11H2,1-3H3. The van der Waals surface area contributed by atoms with E-state index in [-0.39, 0.29) is 19.0 Å². The predicted molar refractivity (Wildman–Crippen MR) is 107 cm³/mol. The van der Waals surface area contributed by atoms with E-state index in [4.69, 9.17) is 20.8 Å². The number of nitrogens with zero attached hydrogens (tertiary/aromatic N) is 2. The van der Waals surface area contributed by atoms with Crippen LogP contribution in [0, 0.1) is 13.8 Å². The number of carbonyl (C=O) groups is 2. The summed E-state index contributed by atoms with van der Waals surface area (Å²) < 4.78 is 10.4. The first-order chi connectivity index (χ1) is 13.4. The van der Waals surface area contributed by atoms with E-state index >= 15 is 0 Å². The number of rotatable bonds is 6. The number of hydrogen-bond acceptors (Lipinski definition) is 6. The van der Waals surface area contributed by atoms with Crippen LogP contribution in [0.15, 0.2) is 40.8 Å². The van der Waals surface area contributed by atoms with Crippen molar-refractivity contribution >= 4 is 34.8 Å². The number of aromatic nitrogens is 1. The maximum atomic E-state index is 13.2. The fraction of sp³-hybridized carbons (Fsp3) is 0.250. The largest absolute Gasteiger partial charge is 0.468 e. The first-order valence-electron chi connectivity index (χ1n) is 8.52. The number of amides is 1. The van der Waals surface area contributed by atoms with Crippen molar-refractivity contribution in [1.82, 2.24) is 9.88 Å². The Balaban J connectivity index is 1.88. The van der Waals surface area contributed by atoms with Gasteiger partial charge < -0.3 is 14.1 Å². The zero-order valence-electron chi connectivity index (χ0n) is 15.7. The second-order valence-electron chi connectivity index (χ2n) is 6.21. The normalized spacial score (nSPS) is 10.7. The minimum Gasteiger partial charge on any atom is -0.468 e. The molecule has 6 nitrogen and oxygen atoms in total. The highest BCUT2D eigenvalue weighted by atomic mass is 35.5. The molecule has 0 aliphatic heterocycles. The van der Waals surface area contributed by atoms with Gasteiger partial charge in [-0.15, -0.1) is 11.3 Å². The van der Waals surface area contributed by atoms with Gasteiger partial charge in [-0.05, 0) is 43.7 Å². The SMILES string of the molecule is COC(=O)CN(Cc1ccc(Cl)cc1)C(=O)c1sc(-c2ccc(C)o2)nc1C. The molecule has 0 spiro atoms. The maximum absolute atomic E-state index is 13.2. The molecule has 8 heteroatoms. The highest BCUT2D eigenvalue weighted by molar-refractivity contribution is 7.17. The summed E-state index contributed by atoms with van der Waals surface area (Å²) in [5.41, 5.74) is 1.44. The molecule has 0 saturated heterocycles. The number of furan rings is 1. The third-order valence-corrected chi connectivity index (χ3v) is 5.48. The molecule has 2 heterocycles. The molecule has 0 aliphatic carbocycles. The van der Waals surface area contributed by atoms with Crippen molar-refractivity contribution in [2.24, 2.45) is 0 Å². The van der Waals surface area contributed by atoms with Crippen molar-refractivity contribution in [3.63, 3.8) is 0 Å². The third-order valence-electron chi connectivity index (χ3n) is 4.06. The molecule has 1 amide bonds. The van der Waals surface area contributed by atoms with Crippen molar-refractivity contribution in [3.8, 4) is 10.8 Å². The first kappa shape index (κ1) is 20.1. The summed E-state index contributed by atoms with van der Waals surface area (Å²) in [4.78, 5) is 31.4. The van der Waals surface area contributed by atoms with Crippen molar-refractivity contribution < 1.29 is 18.7 Å². The lowest BCUT2D eigenvalue weighted by Gasteiger charge is -2.21. The molecular formula is C20H19ClN2O4S. The van der Waals surface area contributed by atoms with Crippen LogP contribution < -0.4 is 0 Å². The molecule has 146 valence electrons. The van der Waals surface area contributed by atoms with Crippen LogP contribution in [-0.4, -0.2) is 35.4 Å². The van der Waals surface area contributed by atoms with Gasteiger partial charge in [-0.25, -0.2) is 4.98 Å². The van der Waals surface area contributed by atoms with Gasteiger partial charge in [0.15, 0.2) is 10.8 Å². The Hall–Kier alpha value is -2.64. The van der Waals surface area contributed by atoms with Crippen LogP contribution in [0.25, 0.3) is 10.8 Å². The molecule has 0 radical (unpaired) electrons. The van der Waals surface area contributed by atoms with E-state index in [1.54, 1.807) is 19.1 Å². The maximum Gasteiger partial charge on any atom is 0.325 e. The summed E-state index contributed by atoms with van der Waals surface area (Å²) in [6.07, 6.45) is 0. The zero-order valence-corrected chi connectivity index (χ0v) is 17.3. The predicted octanol–water partition coefficient (Wildman–Crippen LogP) is 4.49. The lowest BCUT2D eigenvalue weighted by atomic mass is 10.2. The van der Waals surface area contributed by atoms with Gasteiger partial charge in [-0.1, -0.05) is 23.7 Å². The molecule has 0 fully saturated rings. The third kappa shape index (κ3) is 4.61. The molecule has 0 unspecified atom stereocenters. The fourth-order valence-electron chi connectivity index (χ4n) is 2.62. The van der Waals surface area contributed by atoms with E-state index in [1.165, 1.54) is 23.3 Å². The number of benzene rings is 1. The van der Waals surface area contributed by atoms with Gasteiger partial charge in [0.25, 0.3) is 5.91 Å². The molecule has 0 aliphatic rings. The summed E-state index contributed by atoms with van der Waals surface area (Å²) >= 11 is 7.17. The fourth-order valence-corrected chi connectivity index (χ4v) is 3.75. The van der Waals surface area contributed by atoms with Crippen molar-refractivity contribution in [2.45, 2.75) is 20.4 Å². The van der Waals surface area contributed by atoms with Gasteiger partial charge in [0, 0.05) is 11.6 Å². The molecular weight excluding hydrogens is 400 g/mol. The Morgan fingerprint density at radius 3 is 2.50 bits per heavy atom. The molecule has 0 N–H and O–H groups in total. The number of aryl methyl sites for hydroxylation is 2. The van der Waals surface area contributed by atoms with Gasteiger partial charge in [-0.3, -0.25) is 9.59 Å². The Bertz CT molecular complexity index is 994. The van der Waals surface area contributed by atoms with Crippen LogP contribution in [0.3, 0.4) is 0 Å². The lowest BCUT2D eigenvalue weighted by Crippen LogP contribution is -2.35. The second kappa shape index (κ2) is 8.58. The molecule has 0 saturated carbocycles. The van der Waals surface area contributed by atoms with Crippen molar-refractivity contribution in [3.05, 3.63) is 63.3 Å². The van der Waals surface area contributed by atoms with E-state index in [9.17, 15) is 9.59 Å². The Kier molecular flexibility index (Phi) is 6.16. The van der Waals surface area contributed by atoms with Gasteiger partial charge in [-0.2, -0.15) is 0 Å². The lowest BCUT2D eigenvalue weighted by molar-refractivity contribution is -0.141. The van der Waals surface area contributed by atoms with Crippen LogP contribution >= 0.6 is 22.9 Å². The summed E-state index contributed by atoms with van der Waals surface area (Å²) in [5.74, 6) is 0.601. The monoisotopic (exact) mass is 418 g/mol. The molecule has 28 heavy (non-hydrogen) atoms. The molecule has 0 atom stereocenters. The van der Waals surface area contributed by atoms with Crippen LogP contribution in [-0.2, 0) is 16.1 Å². The number of hydrogen-bond donors (Lipinski definition) is 0. The molecule has 2 aromatic heterocycles. The van der Waals surface area contributed by atoms with Crippen LogP contribution in [0.1, 0.15) is 26.7 Å². The Morgan fingerprint density at radius 2 is 1.89 bits per heavy atom. The minimum absolute atomic E-state index is 0.162. The second-order valence-corrected chi connectivity index (χ2v) is 7.64. The van der Waals surface area contributed by atoms with E-state index in [0.717, 1.165) is 11.3 Å². The van der Waals surface area contributed by atoms with E-state index in [1.807, 2.05) is 31.2 Å². The van der Waals surface area contributed by atoms with Crippen LogP contribution in [0.4, 0.5) is 0 Å². The van der Waals surface area contributed by atoms with Gasteiger partial charge in [0.2, 0.25) is 0 Å².